The van der Waals surface area contributed by atoms with Gasteiger partial charge in [-0.15, -0.1) is 0 Å². The van der Waals surface area contributed by atoms with Crippen LogP contribution in [0, 0.1) is 5.92 Å². The standard InChI is InChI=1S/C14H21NO2.C2H6/c1-5-10(2)6-7-11(3)15-14(16)17-12(4)13-8-9-13;1-2/h5-7,12-13H,3,8-9H2,1-2,4H3,(H,15,16);1-2H3/b7-6-,10-5-;. The first kappa shape index (κ1) is 17.5. The molecule has 1 fully saturated rings. The van der Waals surface area contributed by atoms with E-state index < -0.39 is 6.09 Å². The summed E-state index contributed by atoms with van der Waals surface area (Å²) in [5, 5.41) is 2.60. The quantitative estimate of drug-likeness (QED) is 0.739. The molecule has 3 nitrogen and oxygen atoms in total. The van der Waals surface area contributed by atoms with Crippen LogP contribution in [0.25, 0.3) is 0 Å². The highest BCUT2D eigenvalue weighted by atomic mass is 16.6. The minimum atomic E-state index is -0.419. The fourth-order valence-electron chi connectivity index (χ4n) is 1.36. The summed E-state index contributed by atoms with van der Waals surface area (Å²) >= 11 is 0. The molecule has 0 aromatic carbocycles. The van der Waals surface area contributed by atoms with Crippen molar-refractivity contribution in [3.8, 4) is 0 Å². The molecule has 1 rings (SSSR count). The maximum Gasteiger partial charge on any atom is 0.411 e. The van der Waals surface area contributed by atoms with Gasteiger partial charge in [0.2, 0.25) is 0 Å². The lowest BCUT2D eigenvalue weighted by molar-refractivity contribution is 0.0980. The van der Waals surface area contributed by atoms with Gasteiger partial charge in [-0.1, -0.05) is 38.2 Å². The molecule has 0 saturated heterocycles. The Labute approximate surface area is 117 Å². The maximum atomic E-state index is 11.5. The molecule has 1 N–H and O–H groups in total. The largest absolute Gasteiger partial charge is 0.446 e. The van der Waals surface area contributed by atoms with Gasteiger partial charge in [0.25, 0.3) is 0 Å². The summed E-state index contributed by atoms with van der Waals surface area (Å²) in [5.41, 5.74) is 1.66. The molecule has 19 heavy (non-hydrogen) atoms. The molecule has 0 spiro atoms. The van der Waals surface area contributed by atoms with Crippen molar-refractivity contribution in [3.63, 3.8) is 0 Å². The SMILES string of the molecule is C=C(/C=C\C(C)=C/C)NC(=O)OC(C)C1CC1.CC. The summed E-state index contributed by atoms with van der Waals surface area (Å²) in [6.45, 7) is 13.6. The number of allylic oxidation sites excluding steroid dienone is 4. The van der Waals surface area contributed by atoms with Gasteiger partial charge in [-0.05, 0) is 45.6 Å². The Morgan fingerprint density at radius 3 is 2.42 bits per heavy atom. The van der Waals surface area contributed by atoms with Crippen LogP contribution >= 0.6 is 0 Å². The van der Waals surface area contributed by atoms with E-state index in [9.17, 15) is 4.79 Å². The molecule has 0 radical (unpaired) electrons. The van der Waals surface area contributed by atoms with E-state index in [1.54, 1.807) is 6.08 Å². The van der Waals surface area contributed by atoms with E-state index in [2.05, 4.69) is 11.9 Å². The molecule has 1 saturated carbocycles. The van der Waals surface area contributed by atoms with E-state index in [1.165, 1.54) is 0 Å². The Morgan fingerprint density at radius 2 is 1.95 bits per heavy atom. The Hall–Kier alpha value is -1.51. The fraction of sp³-hybridized carbons (Fsp3) is 0.562. The van der Waals surface area contributed by atoms with Gasteiger partial charge >= 0.3 is 6.09 Å². The van der Waals surface area contributed by atoms with E-state index in [0.29, 0.717) is 11.6 Å². The van der Waals surface area contributed by atoms with Crippen LogP contribution in [0.1, 0.15) is 47.5 Å². The molecular formula is C16H27NO2. The molecule has 1 amide bonds. The molecule has 0 bridgehead atoms. The van der Waals surface area contributed by atoms with Crippen LogP contribution in [0.4, 0.5) is 4.79 Å². The Balaban J connectivity index is 0.00000154. The normalized spacial score (nSPS) is 16.4. The Morgan fingerprint density at radius 1 is 1.37 bits per heavy atom. The summed E-state index contributed by atoms with van der Waals surface area (Å²) in [5.74, 6) is 0.551. The highest BCUT2D eigenvalue weighted by Gasteiger charge is 2.30. The fourth-order valence-corrected chi connectivity index (χ4v) is 1.36. The molecule has 0 aromatic rings. The van der Waals surface area contributed by atoms with Crippen molar-refractivity contribution in [3.05, 3.63) is 36.1 Å². The Kier molecular flexibility index (Phi) is 8.68. The second-order valence-corrected chi connectivity index (χ2v) is 4.46. The van der Waals surface area contributed by atoms with Crippen molar-refractivity contribution >= 4 is 6.09 Å². The Bertz CT molecular complexity index is 352. The van der Waals surface area contributed by atoms with Crippen molar-refractivity contribution in [1.82, 2.24) is 5.32 Å². The van der Waals surface area contributed by atoms with Gasteiger partial charge in [0.15, 0.2) is 0 Å². The lowest BCUT2D eigenvalue weighted by Gasteiger charge is -2.12. The third-order valence-corrected chi connectivity index (χ3v) is 2.84. The minimum absolute atomic E-state index is 0.00375. The van der Waals surface area contributed by atoms with Gasteiger partial charge in [0.05, 0.1) is 0 Å². The number of carbonyl (C=O) groups is 1. The number of alkyl carbamates (subject to hydrolysis) is 1. The number of hydrogen-bond acceptors (Lipinski definition) is 2. The van der Waals surface area contributed by atoms with Gasteiger partial charge in [0.1, 0.15) is 6.10 Å². The number of hydrogen-bond donors (Lipinski definition) is 1. The smallest absolute Gasteiger partial charge is 0.411 e. The molecular weight excluding hydrogens is 238 g/mol. The zero-order valence-corrected chi connectivity index (χ0v) is 12.8. The van der Waals surface area contributed by atoms with Gasteiger partial charge in [-0.3, -0.25) is 5.32 Å². The number of rotatable bonds is 5. The first-order valence-electron chi connectivity index (χ1n) is 7.00. The lowest BCUT2D eigenvalue weighted by atomic mass is 10.2. The second-order valence-electron chi connectivity index (χ2n) is 4.46. The molecule has 0 aliphatic heterocycles. The topological polar surface area (TPSA) is 38.3 Å². The molecule has 1 unspecified atom stereocenters. The summed E-state index contributed by atoms with van der Waals surface area (Å²) in [7, 11) is 0. The molecule has 1 atom stereocenters. The summed E-state index contributed by atoms with van der Waals surface area (Å²) in [6, 6.07) is 0. The van der Waals surface area contributed by atoms with Gasteiger partial charge in [-0.25, -0.2) is 4.79 Å². The average molecular weight is 265 g/mol. The molecule has 3 heteroatoms. The van der Waals surface area contributed by atoms with Crippen molar-refractivity contribution in [2.45, 2.75) is 53.6 Å². The summed E-state index contributed by atoms with van der Waals surface area (Å²) in [4.78, 5) is 11.5. The molecule has 1 aliphatic rings. The maximum absolute atomic E-state index is 11.5. The van der Waals surface area contributed by atoms with E-state index in [1.807, 2.05) is 46.8 Å². The van der Waals surface area contributed by atoms with E-state index in [4.69, 9.17) is 4.74 Å². The van der Waals surface area contributed by atoms with Crippen LogP contribution in [-0.4, -0.2) is 12.2 Å². The monoisotopic (exact) mass is 265 g/mol. The van der Waals surface area contributed by atoms with Gasteiger partial charge < -0.3 is 4.74 Å². The van der Waals surface area contributed by atoms with Gasteiger partial charge in [-0.2, -0.15) is 0 Å². The van der Waals surface area contributed by atoms with Crippen molar-refractivity contribution in [2.75, 3.05) is 0 Å². The van der Waals surface area contributed by atoms with Crippen LogP contribution in [0.3, 0.4) is 0 Å². The van der Waals surface area contributed by atoms with E-state index in [-0.39, 0.29) is 6.10 Å². The second kappa shape index (κ2) is 9.42. The third-order valence-electron chi connectivity index (χ3n) is 2.84. The third kappa shape index (κ3) is 8.25. The predicted molar refractivity (Wildman–Crippen MR) is 80.9 cm³/mol. The van der Waals surface area contributed by atoms with Crippen LogP contribution in [0.2, 0.25) is 0 Å². The summed E-state index contributed by atoms with van der Waals surface area (Å²) in [6.07, 6.45) is 7.55. The minimum Gasteiger partial charge on any atom is -0.446 e. The van der Waals surface area contributed by atoms with Crippen LogP contribution < -0.4 is 5.32 Å². The van der Waals surface area contributed by atoms with Crippen LogP contribution in [0.5, 0.6) is 0 Å². The first-order chi connectivity index (χ1) is 9.02. The van der Waals surface area contributed by atoms with Crippen molar-refractivity contribution < 1.29 is 9.53 Å². The number of nitrogens with one attached hydrogen (secondary N) is 1. The predicted octanol–water partition coefficient (Wildman–Crippen LogP) is 4.57. The van der Waals surface area contributed by atoms with Crippen molar-refractivity contribution in [1.29, 1.82) is 0 Å². The molecule has 0 aromatic heterocycles. The lowest BCUT2D eigenvalue weighted by Crippen LogP contribution is -2.27. The number of ether oxygens (including phenoxy) is 1. The molecule has 108 valence electrons. The van der Waals surface area contributed by atoms with E-state index in [0.717, 1.165) is 18.4 Å². The van der Waals surface area contributed by atoms with Crippen LogP contribution in [-0.2, 0) is 4.74 Å². The molecule has 0 heterocycles. The van der Waals surface area contributed by atoms with Gasteiger partial charge in [0, 0.05) is 5.70 Å². The van der Waals surface area contributed by atoms with E-state index >= 15 is 0 Å². The summed E-state index contributed by atoms with van der Waals surface area (Å²) < 4.78 is 5.22. The zero-order chi connectivity index (χ0) is 14.8. The number of carbonyl (C=O) groups excluding carboxylic acids is 1. The first-order valence-corrected chi connectivity index (χ1v) is 7.00. The number of amides is 1. The highest BCUT2D eigenvalue weighted by Crippen LogP contribution is 2.33. The zero-order valence-electron chi connectivity index (χ0n) is 12.8. The van der Waals surface area contributed by atoms with Crippen molar-refractivity contribution in [2.24, 2.45) is 5.92 Å². The average Bonchev–Trinajstić information content (AvgIpc) is 3.22. The van der Waals surface area contributed by atoms with Crippen LogP contribution in [0.15, 0.2) is 36.1 Å². The molecule has 1 aliphatic carbocycles. The highest BCUT2D eigenvalue weighted by molar-refractivity contribution is 5.70.